The number of carbonyl (C=O) groups excluding carboxylic acids is 1. The Morgan fingerprint density at radius 3 is 2.19 bits per heavy atom. The largest absolute Gasteiger partial charge is 0.573 e. The Balaban J connectivity index is 1.89. The molecule has 0 bridgehead atoms. The first-order chi connectivity index (χ1) is 15.2. The smallest absolute Gasteiger partial charge is 0.493 e. The topological polar surface area (TPSA) is 69.3 Å². The second kappa shape index (κ2) is 9.35. The summed E-state index contributed by atoms with van der Waals surface area (Å²) >= 11 is 5.24. The number of amides is 1. The van der Waals surface area contributed by atoms with Crippen LogP contribution in [0.5, 0.6) is 23.0 Å². The molecule has 0 unspecified atom stereocenters. The van der Waals surface area contributed by atoms with Gasteiger partial charge in [0.15, 0.2) is 16.6 Å². The number of hydrogen-bond acceptors (Lipinski definition) is 6. The summed E-state index contributed by atoms with van der Waals surface area (Å²) in [6.07, 6.45) is -3.26. The van der Waals surface area contributed by atoms with Crippen molar-refractivity contribution in [3.63, 3.8) is 0 Å². The zero-order chi connectivity index (χ0) is 23.5. The molecule has 1 amide bonds. The van der Waals surface area contributed by atoms with Crippen LogP contribution >= 0.6 is 12.2 Å². The maximum Gasteiger partial charge on any atom is 0.573 e. The van der Waals surface area contributed by atoms with Crippen molar-refractivity contribution in [1.82, 2.24) is 5.32 Å². The molecule has 2 aromatic carbocycles. The minimum atomic E-state index is -4.81. The normalized spacial score (nSPS) is 15.1. The molecule has 1 N–H and O–H groups in total. The summed E-state index contributed by atoms with van der Waals surface area (Å²) in [6.45, 7) is 2.23. The van der Waals surface area contributed by atoms with E-state index in [0.29, 0.717) is 29.4 Å². The first-order valence-corrected chi connectivity index (χ1v) is 9.69. The van der Waals surface area contributed by atoms with Gasteiger partial charge in [0.05, 0.1) is 26.5 Å². The molecule has 32 heavy (non-hydrogen) atoms. The lowest BCUT2D eigenvalue weighted by molar-refractivity contribution is -0.274. The maximum atomic E-state index is 12.9. The molecule has 170 valence electrons. The van der Waals surface area contributed by atoms with Gasteiger partial charge in [0.2, 0.25) is 5.75 Å². The summed E-state index contributed by atoms with van der Waals surface area (Å²) in [4.78, 5) is 14.1. The highest BCUT2D eigenvalue weighted by molar-refractivity contribution is 7.80. The molecule has 2 aromatic rings. The number of carbonyl (C=O) groups is 1. The van der Waals surface area contributed by atoms with Gasteiger partial charge < -0.3 is 24.3 Å². The highest BCUT2D eigenvalue weighted by atomic mass is 32.1. The number of halogens is 3. The summed E-state index contributed by atoms with van der Waals surface area (Å²) in [5.41, 5.74) is 1.03. The summed E-state index contributed by atoms with van der Waals surface area (Å²) in [6, 6.07) is 8.15. The number of alkyl halides is 3. The number of nitrogens with one attached hydrogen (secondary N) is 1. The zero-order valence-electron chi connectivity index (χ0n) is 17.3. The average molecular weight is 468 g/mol. The Labute approximate surface area is 187 Å². The van der Waals surface area contributed by atoms with Gasteiger partial charge in [-0.05, 0) is 67.2 Å². The first-order valence-electron chi connectivity index (χ1n) is 9.28. The number of anilines is 1. The van der Waals surface area contributed by atoms with Crippen LogP contribution in [0.25, 0.3) is 6.08 Å². The lowest BCUT2D eigenvalue weighted by Crippen LogP contribution is -2.30. The molecule has 0 radical (unpaired) electrons. The SMILES string of the molecule is CCOc1c(OC)cc(/C=C2\NC(=S)N(c3ccc(OC(F)(F)F)cc3)C2=O)cc1OC. The van der Waals surface area contributed by atoms with Gasteiger partial charge >= 0.3 is 6.36 Å². The van der Waals surface area contributed by atoms with Crippen molar-refractivity contribution in [3.8, 4) is 23.0 Å². The van der Waals surface area contributed by atoms with Crippen LogP contribution in [-0.2, 0) is 4.79 Å². The Hall–Kier alpha value is -3.47. The fourth-order valence-electron chi connectivity index (χ4n) is 3.00. The van der Waals surface area contributed by atoms with Crippen LogP contribution in [-0.4, -0.2) is 38.2 Å². The van der Waals surface area contributed by atoms with Gasteiger partial charge in [-0.2, -0.15) is 0 Å². The molecule has 1 saturated heterocycles. The van der Waals surface area contributed by atoms with Gasteiger partial charge in [-0.25, -0.2) is 0 Å². The Bertz CT molecular complexity index is 1030. The zero-order valence-corrected chi connectivity index (χ0v) is 18.1. The molecule has 0 atom stereocenters. The predicted molar refractivity (Wildman–Crippen MR) is 115 cm³/mol. The molecular weight excluding hydrogens is 449 g/mol. The van der Waals surface area contributed by atoms with E-state index in [2.05, 4.69) is 10.1 Å². The van der Waals surface area contributed by atoms with Crippen molar-refractivity contribution in [1.29, 1.82) is 0 Å². The van der Waals surface area contributed by atoms with Gasteiger partial charge in [0.1, 0.15) is 11.4 Å². The average Bonchev–Trinajstić information content (AvgIpc) is 3.01. The van der Waals surface area contributed by atoms with Crippen molar-refractivity contribution in [3.05, 3.63) is 47.7 Å². The fraction of sp³-hybridized carbons (Fsp3) is 0.238. The van der Waals surface area contributed by atoms with E-state index < -0.39 is 18.0 Å². The van der Waals surface area contributed by atoms with E-state index in [0.717, 1.165) is 12.1 Å². The van der Waals surface area contributed by atoms with Gasteiger partial charge in [-0.1, -0.05) is 0 Å². The van der Waals surface area contributed by atoms with Crippen LogP contribution in [0.1, 0.15) is 12.5 Å². The molecule has 11 heteroatoms. The Morgan fingerprint density at radius 1 is 1.09 bits per heavy atom. The van der Waals surface area contributed by atoms with Crippen molar-refractivity contribution in [2.24, 2.45) is 0 Å². The number of ether oxygens (including phenoxy) is 4. The van der Waals surface area contributed by atoms with Crippen LogP contribution in [0.2, 0.25) is 0 Å². The summed E-state index contributed by atoms with van der Waals surface area (Å²) in [7, 11) is 2.96. The van der Waals surface area contributed by atoms with Crippen molar-refractivity contribution >= 4 is 35.0 Å². The Kier molecular flexibility index (Phi) is 6.78. The molecule has 3 rings (SSSR count). The third kappa shape index (κ3) is 5.05. The van der Waals surface area contributed by atoms with Gasteiger partial charge in [0.25, 0.3) is 5.91 Å². The van der Waals surface area contributed by atoms with Gasteiger partial charge in [-0.15, -0.1) is 13.2 Å². The van der Waals surface area contributed by atoms with E-state index in [4.69, 9.17) is 26.4 Å². The van der Waals surface area contributed by atoms with Crippen LogP contribution in [0, 0.1) is 0 Å². The highest BCUT2D eigenvalue weighted by Gasteiger charge is 2.33. The predicted octanol–water partition coefficient (Wildman–Crippen LogP) is 4.26. The minimum Gasteiger partial charge on any atom is -0.493 e. The number of methoxy groups -OCH3 is 2. The summed E-state index contributed by atoms with van der Waals surface area (Å²) in [5.74, 6) is 0.387. The number of rotatable bonds is 7. The molecule has 0 aromatic heterocycles. The van der Waals surface area contributed by atoms with Crippen LogP contribution < -0.4 is 29.2 Å². The molecule has 1 fully saturated rings. The third-order valence-corrected chi connectivity index (χ3v) is 4.57. The summed E-state index contributed by atoms with van der Waals surface area (Å²) in [5, 5.41) is 2.89. The van der Waals surface area contributed by atoms with E-state index >= 15 is 0 Å². The molecule has 0 saturated carbocycles. The third-order valence-electron chi connectivity index (χ3n) is 4.29. The van der Waals surface area contributed by atoms with Crippen molar-refractivity contribution < 1.29 is 36.9 Å². The van der Waals surface area contributed by atoms with Crippen molar-refractivity contribution in [2.45, 2.75) is 13.3 Å². The molecule has 1 aliphatic heterocycles. The molecule has 0 spiro atoms. The molecular formula is C21H19F3N2O5S. The number of thiocarbonyl (C=S) groups is 1. The van der Waals surface area contributed by atoms with Crippen LogP contribution in [0.4, 0.5) is 18.9 Å². The van der Waals surface area contributed by atoms with Crippen molar-refractivity contribution in [2.75, 3.05) is 25.7 Å². The molecule has 1 heterocycles. The van der Waals surface area contributed by atoms with Gasteiger partial charge in [-0.3, -0.25) is 9.69 Å². The summed E-state index contributed by atoms with van der Waals surface area (Å²) < 4.78 is 57.2. The molecule has 7 nitrogen and oxygen atoms in total. The maximum absolute atomic E-state index is 12.9. The Morgan fingerprint density at radius 2 is 1.69 bits per heavy atom. The fourth-order valence-corrected chi connectivity index (χ4v) is 3.30. The van der Waals surface area contributed by atoms with Gasteiger partial charge in [0, 0.05) is 0 Å². The monoisotopic (exact) mass is 468 g/mol. The quantitative estimate of drug-likeness (QED) is 0.481. The lowest BCUT2D eigenvalue weighted by atomic mass is 10.1. The number of nitrogens with zero attached hydrogens (tertiary/aromatic N) is 1. The molecule has 1 aliphatic rings. The first kappa shape index (κ1) is 23.2. The minimum absolute atomic E-state index is 0.0793. The van der Waals surface area contributed by atoms with E-state index in [1.165, 1.54) is 31.3 Å². The lowest BCUT2D eigenvalue weighted by Gasteiger charge is -2.15. The second-order valence-corrected chi connectivity index (χ2v) is 6.74. The van der Waals surface area contributed by atoms with E-state index in [-0.39, 0.29) is 16.5 Å². The molecule has 0 aliphatic carbocycles. The highest BCUT2D eigenvalue weighted by Crippen LogP contribution is 2.39. The van der Waals surface area contributed by atoms with Crippen LogP contribution in [0.15, 0.2) is 42.1 Å². The number of benzene rings is 2. The van der Waals surface area contributed by atoms with Crippen LogP contribution in [0.3, 0.4) is 0 Å². The van der Waals surface area contributed by atoms with E-state index in [9.17, 15) is 18.0 Å². The van der Waals surface area contributed by atoms with E-state index in [1.807, 2.05) is 6.92 Å². The number of hydrogen-bond donors (Lipinski definition) is 1. The standard InChI is InChI=1S/C21H19F3N2O5S/c1-4-30-18-16(28-2)10-12(11-17(18)29-3)9-15-19(27)26(20(32)25-15)13-5-7-14(8-6-13)31-21(22,23)24/h5-11H,4H2,1-3H3,(H,25,32)/b15-9-. The second-order valence-electron chi connectivity index (χ2n) is 6.36. The van der Waals surface area contributed by atoms with E-state index in [1.54, 1.807) is 18.2 Å².